The average Bonchev–Trinajstić information content (AvgIpc) is 3.63. The lowest BCUT2D eigenvalue weighted by molar-refractivity contribution is -0.140. The summed E-state index contributed by atoms with van der Waals surface area (Å²) < 4.78 is 68.7. The fraction of sp³-hybridized carbons (Fsp3) is 0.297. The SMILES string of the molecule is O=C(NC1CCCC1)[C@H](Cc1ccccc1)N(Cc1ccc(F)cc1)C(=O)CN(c1ccc(F)cc1)S(=O)(=O)c1ccc2c(c1)OCCO2. The molecule has 256 valence electrons. The lowest BCUT2D eigenvalue weighted by atomic mass is 10.0. The Kier molecular flexibility index (Phi) is 10.4. The zero-order chi connectivity index (χ0) is 34.4. The van der Waals surface area contributed by atoms with Gasteiger partial charge in [-0.15, -0.1) is 0 Å². The molecule has 1 atom stereocenters. The minimum absolute atomic E-state index is 0.0418. The Bertz CT molecular complexity index is 1870. The first kappa shape index (κ1) is 33.9. The molecule has 1 heterocycles. The molecule has 49 heavy (non-hydrogen) atoms. The number of rotatable bonds is 12. The van der Waals surface area contributed by atoms with E-state index in [0.717, 1.165) is 47.7 Å². The van der Waals surface area contributed by atoms with Gasteiger partial charge in [0.05, 0.1) is 10.6 Å². The molecule has 1 N–H and O–H groups in total. The van der Waals surface area contributed by atoms with E-state index in [9.17, 15) is 26.8 Å². The first-order valence-electron chi connectivity index (χ1n) is 16.2. The highest BCUT2D eigenvalue weighted by atomic mass is 32.2. The Morgan fingerprint density at radius 1 is 0.796 bits per heavy atom. The second kappa shape index (κ2) is 15.1. The summed E-state index contributed by atoms with van der Waals surface area (Å²) in [4.78, 5) is 29.9. The van der Waals surface area contributed by atoms with Crippen molar-refractivity contribution in [2.45, 2.75) is 55.6 Å². The number of hydrogen-bond donors (Lipinski definition) is 1. The first-order valence-corrected chi connectivity index (χ1v) is 17.7. The van der Waals surface area contributed by atoms with E-state index in [2.05, 4.69) is 5.32 Å². The first-order chi connectivity index (χ1) is 23.7. The Labute approximate surface area is 284 Å². The number of sulfonamides is 1. The number of anilines is 1. The molecule has 4 aromatic rings. The number of carbonyl (C=O) groups is 2. The Morgan fingerprint density at radius 3 is 2.10 bits per heavy atom. The topological polar surface area (TPSA) is 105 Å². The van der Waals surface area contributed by atoms with Crippen molar-refractivity contribution in [3.8, 4) is 11.5 Å². The lowest BCUT2D eigenvalue weighted by Gasteiger charge is -2.34. The molecule has 0 spiro atoms. The van der Waals surface area contributed by atoms with Crippen LogP contribution in [0.5, 0.6) is 11.5 Å². The van der Waals surface area contributed by atoms with Crippen molar-refractivity contribution in [1.82, 2.24) is 10.2 Å². The van der Waals surface area contributed by atoms with Crippen molar-refractivity contribution in [1.29, 1.82) is 0 Å². The van der Waals surface area contributed by atoms with Gasteiger partial charge in [0, 0.05) is 25.1 Å². The van der Waals surface area contributed by atoms with Crippen LogP contribution in [0.4, 0.5) is 14.5 Å². The maximum absolute atomic E-state index is 14.6. The highest BCUT2D eigenvalue weighted by Gasteiger charge is 2.36. The summed E-state index contributed by atoms with van der Waals surface area (Å²) in [6, 6.07) is 22.7. The zero-order valence-electron chi connectivity index (χ0n) is 26.8. The van der Waals surface area contributed by atoms with Crippen molar-refractivity contribution in [2.24, 2.45) is 0 Å². The second-order valence-electron chi connectivity index (χ2n) is 12.1. The molecule has 9 nitrogen and oxygen atoms in total. The van der Waals surface area contributed by atoms with E-state index >= 15 is 0 Å². The van der Waals surface area contributed by atoms with E-state index in [-0.39, 0.29) is 47.9 Å². The van der Waals surface area contributed by atoms with Gasteiger partial charge in [-0.3, -0.25) is 13.9 Å². The highest BCUT2D eigenvalue weighted by Crippen LogP contribution is 2.34. The quantitative estimate of drug-likeness (QED) is 0.207. The summed E-state index contributed by atoms with van der Waals surface area (Å²) in [5, 5.41) is 3.11. The molecular weight excluding hydrogens is 652 g/mol. The standard InChI is InChI=1S/C37H37F2N3O6S/c38-28-12-10-27(11-13-28)24-41(33(22-26-6-2-1-3-7-26)37(44)40-30-8-4-5-9-30)36(43)25-42(31-16-14-29(39)15-17-31)49(45,46)32-18-19-34-35(23-32)48-21-20-47-34/h1-3,6-7,10-19,23,30,33H,4-5,8-9,20-22,24-25H2,(H,40,44)/t33-/m0/s1. The monoisotopic (exact) mass is 689 g/mol. The number of halogens is 2. The van der Waals surface area contributed by atoms with E-state index in [1.54, 1.807) is 0 Å². The van der Waals surface area contributed by atoms with Crippen LogP contribution in [0.1, 0.15) is 36.8 Å². The van der Waals surface area contributed by atoms with E-state index in [0.29, 0.717) is 17.9 Å². The molecule has 6 rings (SSSR count). The van der Waals surface area contributed by atoms with Crippen LogP contribution in [0, 0.1) is 11.6 Å². The van der Waals surface area contributed by atoms with Gasteiger partial charge < -0.3 is 19.7 Å². The predicted molar refractivity (Wildman–Crippen MR) is 180 cm³/mol. The summed E-state index contributed by atoms with van der Waals surface area (Å²) >= 11 is 0. The van der Waals surface area contributed by atoms with Gasteiger partial charge in [0.25, 0.3) is 10.0 Å². The minimum Gasteiger partial charge on any atom is -0.486 e. The maximum Gasteiger partial charge on any atom is 0.264 e. The van der Waals surface area contributed by atoms with Crippen molar-refractivity contribution in [3.05, 3.63) is 120 Å². The van der Waals surface area contributed by atoms with Crippen molar-refractivity contribution in [2.75, 3.05) is 24.1 Å². The number of hydrogen-bond acceptors (Lipinski definition) is 6. The summed E-state index contributed by atoms with van der Waals surface area (Å²) in [7, 11) is -4.45. The van der Waals surface area contributed by atoms with Crippen molar-refractivity contribution < 1.29 is 36.3 Å². The third-order valence-electron chi connectivity index (χ3n) is 8.73. The van der Waals surface area contributed by atoms with Crippen LogP contribution < -0.4 is 19.1 Å². The van der Waals surface area contributed by atoms with Gasteiger partial charge in [0.2, 0.25) is 11.8 Å². The lowest BCUT2D eigenvalue weighted by Crippen LogP contribution is -2.54. The van der Waals surface area contributed by atoms with Gasteiger partial charge in [-0.25, -0.2) is 17.2 Å². The van der Waals surface area contributed by atoms with Crippen LogP contribution >= 0.6 is 0 Å². The second-order valence-corrected chi connectivity index (χ2v) is 14.0. The molecule has 1 aliphatic heterocycles. The number of fused-ring (bicyclic) bond motifs is 1. The predicted octanol–water partition coefficient (Wildman–Crippen LogP) is 5.63. The van der Waals surface area contributed by atoms with Gasteiger partial charge in [-0.2, -0.15) is 0 Å². The van der Waals surface area contributed by atoms with Crippen LogP contribution in [-0.4, -0.2) is 57.0 Å². The van der Waals surface area contributed by atoms with Crippen LogP contribution in [0.25, 0.3) is 0 Å². The van der Waals surface area contributed by atoms with Crippen LogP contribution in [0.3, 0.4) is 0 Å². The summed E-state index contributed by atoms with van der Waals surface area (Å²) in [5.41, 5.74) is 1.39. The number of nitrogens with one attached hydrogen (secondary N) is 1. The number of nitrogens with zero attached hydrogens (tertiary/aromatic N) is 2. The molecule has 0 bridgehead atoms. The summed E-state index contributed by atoms with van der Waals surface area (Å²) in [6.45, 7) is -0.264. The summed E-state index contributed by atoms with van der Waals surface area (Å²) in [6.07, 6.45) is 3.76. The van der Waals surface area contributed by atoms with Gasteiger partial charge in [0.1, 0.15) is 37.4 Å². The Morgan fingerprint density at radius 2 is 1.43 bits per heavy atom. The van der Waals surface area contributed by atoms with Crippen molar-refractivity contribution in [3.63, 3.8) is 0 Å². The van der Waals surface area contributed by atoms with Crippen LogP contribution in [0.2, 0.25) is 0 Å². The van der Waals surface area contributed by atoms with Gasteiger partial charge in [-0.1, -0.05) is 55.3 Å². The fourth-order valence-corrected chi connectivity index (χ4v) is 7.59. The van der Waals surface area contributed by atoms with Crippen LogP contribution in [0.15, 0.2) is 102 Å². The van der Waals surface area contributed by atoms with Crippen molar-refractivity contribution >= 4 is 27.5 Å². The molecule has 1 saturated carbocycles. The number of ether oxygens (including phenoxy) is 2. The van der Waals surface area contributed by atoms with Gasteiger partial charge >= 0.3 is 0 Å². The molecule has 1 aliphatic carbocycles. The smallest absolute Gasteiger partial charge is 0.264 e. The third-order valence-corrected chi connectivity index (χ3v) is 10.5. The average molecular weight is 690 g/mol. The zero-order valence-corrected chi connectivity index (χ0v) is 27.6. The molecule has 0 unspecified atom stereocenters. The molecule has 2 aliphatic rings. The number of carbonyl (C=O) groups excluding carboxylic acids is 2. The molecule has 2 amide bonds. The molecule has 4 aromatic carbocycles. The molecular formula is C37H37F2N3O6S. The van der Waals surface area contributed by atoms with E-state index < -0.39 is 40.2 Å². The van der Waals surface area contributed by atoms with Crippen LogP contribution in [-0.2, 0) is 32.6 Å². The molecule has 0 radical (unpaired) electrons. The molecule has 0 aromatic heterocycles. The molecule has 1 fully saturated rings. The maximum atomic E-state index is 14.6. The number of amides is 2. The molecule has 12 heteroatoms. The Balaban J connectivity index is 1.39. The highest BCUT2D eigenvalue weighted by molar-refractivity contribution is 7.92. The third kappa shape index (κ3) is 8.19. The fourth-order valence-electron chi connectivity index (χ4n) is 6.16. The van der Waals surface area contributed by atoms with Gasteiger partial charge in [-0.05, 0) is 72.5 Å². The van der Waals surface area contributed by atoms with E-state index in [1.807, 2.05) is 30.3 Å². The largest absolute Gasteiger partial charge is 0.486 e. The van der Waals surface area contributed by atoms with E-state index in [1.165, 1.54) is 59.5 Å². The van der Waals surface area contributed by atoms with E-state index in [4.69, 9.17) is 9.47 Å². The van der Waals surface area contributed by atoms with Gasteiger partial charge in [0.15, 0.2) is 11.5 Å². The molecule has 0 saturated heterocycles. The minimum atomic E-state index is -4.45. The Hall–Kier alpha value is -4.97. The summed E-state index contributed by atoms with van der Waals surface area (Å²) in [5.74, 6) is -1.48. The normalized spacial score (nSPS) is 15.0. The number of benzene rings is 4.